The Kier molecular flexibility index (Phi) is 10.3. The molecule has 2 heterocycles. The number of anilines is 6. The lowest BCUT2D eigenvalue weighted by atomic mass is 9.87. The lowest BCUT2D eigenvalue weighted by molar-refractivity contribution is 0.590. The molecule has 0 saturated carbocycles. The zero-order chi connectivity index (χ0) is 48.1. The van der Waals surface area contributed by atoms with Gasteiger partial charge in [0.15, 0.2) is 11.2 Å². The number of aryl methyl sites for hydroxylation is 2. The Morgan fingerprint density at radius 3 is 1.07 bits per heavy atom. The van der Waals surface area contributed by atoms with E-state index in [2.05, 4.69) is 235 Å². The molecule has 0 aliphatic carbocycles. The summed E-state index contributed by atoms with van der Waals surface area (Å²) in [7, 11) is 0. The monoisotopic (exact) mass is 912 g/mol. The maximum Gasteiger partial charge on any atom is 0.159 e. The topological polar surface area (TPSA) is 32.8 Å². The van der Waals surface area contributed by atoms with Gasteiger partial charge in [-0.1, -0.05) is 190 Å². The van der Waals surface area contributed by atoms with Gasteiger partial charge in [0, 0.05) is 43.7 Å². The molecule has 0 atom stereocenters. The van der Waals surface area contributed by atoms with E-state index >= 15 is 0 Å². The van der Waals surface area contributed by atoms with E-state index in [1.54, 1.807) is 0 Å². The molecule has 12 rings (SSSR count). The van der Waals surface area contributed by atoms with Crippen LogP contribution in [-0.2, 0) is 23.7 Å². The maximum absolute atomic E-state index is 7.06. The van der Waals surface area contributed by atoms with E-state index in [-0.39, 0.29) is 10.8 Å². The number of furan rings is 2. The van der Waals surface area contributed by atoms with Crippen LogP contribution in [0, 0.1) is 0 Å². The fourth-order valence-electron chi connectivity index (χ4n) is 11.2. The predicted octanol–water partition coefficient (Wildman–Crippen LogP) is 19.8. The highest BCUT2D eigenvalue weighted by Crippen LogP contribution is 2.51. The van der Waals surface area contributed by atoms with Gasteiger partial charge in [-0.25, -0.2) is 0 Å². The van der Waals surface area contributed by atoms with E-state index in [0.29, 0.717) is 0 Å². The van der Waals surface area contributed by atoms with Crippen LogP contribution in [0.3, 0.4) is 0 Å². The van der Waals surface area contributed by atoms with Crippen molar-refractivity contribution >= 4 is 110 Å². The van der Waals surface area contributed by atoms with Crippen molar-refractivity contribution in [3.8, 4) is 0 Å². The van der Waals surface area contributed by atoms with Crippen molar-refractivity contribution in [3.05, 3.63) is 192 Å². The number of rotatable bonds is 10. The van der Waals surface area contributed by atoms with Gasteiger partial charge in [-0.3, -0.25) is 0 Å². The van der Waals surface area contributed by atoms with Gasteiger partial charge in [0.2, 0.25) is 0 Å². The Bertz CT molecular complexity index is 3670. The Balaban J connectivity index is 1.12. The summed E-state index contributed by atoms with van der Waals surface area (Å²) in [5, 5.41) is 11.8. The van der Waals surface area contributed by atoms with Crippen LogP contribution in [0.2, 0.25) is 0 Å². The number of hydrogen-bond donors (Lipinski definition) is 0. The first kappa shape index (κ1) is 43.7. The quantitative estimate of drug-likeness (QED) is 0.128. The summed E-state index contributed by atoms with van der Waals surface area (Å²) in [6.07, 6.45) is 4.04. The summed E-state index contributed by atoms with van der Waals surface area (Å²) >= 11 is 0. The molecular formula is C66H60N2O2. The third-order valence-electron chi connectivity index (χ3n) is 14.8. The predicted molar refractivity (Wildman–Crippen MR) is 299 cm³/mol. The minimum Gasteiger partial charge on any atom is -0.454 e. The normalized spacial score (nSPS) is 12.5. The van der Waals surface area contributed by atoms with Gasteiger partial charge in [0.1, 0.15) is 11.2 Å². The SMILES string of the molecule is CCCc1cccc2c1oc1c(N(c3ccc(C(C)(C)C)cc3)c3ccc4ccc5c(N(c6ccc(C(C)(C)C)cc6)c6cccc7c6oc6c(CCC)cccc67)ccc6ccc3c4c65)cccc12. The largest absolute Gasteiger partial charge is 0.454 e. The number of hydrogen-bond acceptors (Lipinski definition) is 4. The van der Waals surface area contributed by atoms with E-state index < -0.39 is 0 Å². The highest BCUT2D eigenvalue weighted by atomic mass is 16.3. The molecule has 0 radical (unpaired) electrons. The number of para-hydroxylation sites is 4. The van der Waals surface area contributed by atoms with E-state index in [9.17, 15) is 0 Å². The first-order valence-corrected chi connectivity index (χ1v) is 25.3. The number of fused-ring (bicyclic) bond motifs is 6. The Labute approximate surface area is 411 Å². The van der Waals surface area contributed by atoms with Gasteiger partial charge in [-0.15, -0.1) is 0 Å². The molecule has 70 heavy (non-hydrogen) atoms. The fraction of sp³-hybridized carbons (Fsp3) is 0.212. The molecule has 0 unspecified atom stereocenters. The van der Waals surface area contributed by atoms with Gasteiger partial charge >= 0.3 is 0 Å². The molecule has 0 N–H and O–H groups in total. The van der Waals surface area contributed by atoms with E-state index in [0.717, 1.165) is 104 Å². The highest BCUT2D eigenvalue weighted by molar-refractivity contribution is 6.29. The van der Waals surface area contributed by atoms with Crippen molar-refractivity contribution in [2.45, 2.75) is 91.9 Å². The molecule has 12 aromatic rings. The Morgan fingerprint density at radius 2 is 0.700 bits per heavy atom. The summed E-state index contributed by atoms with van der Waals surface area (Å²) in [5.74, 6) is 0. The van der Waals surface area contributed by atoms with Crippen LogP contribution >= 0.6 is 0 Å². The standard InChI is InChI=1S/C66H60N2O2/c1-9-15-43-17-11-19-49-51-21-13-23-57(63(51)69-61(43)49)67(47-33-29-45(30-34-47)65(3,4)5)55-39-27-41-26-38-54-56(40-28-42-25-37-53(55)59(41)60(42)54)68(48-35-31-46(32-36-48)66(6,7)8)58-24-14-22-52-50-20-12-18-44(16-10-2)62(50)70-64(52)58/h11-14,17-40H,9-10,15-16H2,1-8H3. The first-order valence-electron chi connectivity index (χ1n) is 25.3. The average molecular weight is 913 g/mol. The zero-order valence-electron chi connectivity index (χ0n) is 41.7. The molecular weight excluding hydrogens is 853 g/mol. The van der Waals surface area contributed by atoms with Crippen LogP contribution < -0.4 is 9.80 Å². The summed E-state index contributed by atoms with van der Waals surface area (Å²) in [6.45, 7) is 18.1. The minimum absolute atomic E-state index is 0.0128. The van der Waals surface area contributed by atoms with Crippen LogP contribution in [0.1, 0.15) is 90.5 Å². The lowest BCUT2D eigenvalue weighted by Gasteiger charge is -2.30. The second-order valence-corrected chi connectivity index (χ2v) is 21.5. The molecule has 0 amide bonds. The molecule has 4 heteroatoms. The molecule has 2 aromatic heterocycles. The van der Waals surface area contributed by atoms with Gasteiger partial charge < -0.3 is 18.6 Å². The van der Waals surface area contributed by atoms with E-state index in [1.807, 2.05) is 0 Å². The van der Waals surface area contributed by atoms with Gasteiger partial charge in [-0.2, -0.15) is 0 Å². The van der Waals surface area contributed by atoms with Crippen molar-refractivity contribution in [1.29, 1.82) is 0 Å². The maximum atomic E-state index is 7.06. The van der Waals surface area contributed by atoms with Gasteiger partial charge in [-0.05, 0) is 116 Å². The zero-order valence-corrected chi connectivity index (χ0v) is 41.7. The van der Waals surface area contributed by atoms with Crippen LogP contribution in [0.15, 0.2) is 179 Å². The van der Waals surface area contributed by atoms with E-state index in [1.165, 1.54) is 54.6 Å². The second-order valence-electron chi connectivity index (χ2n) is 21.5. The number of nitrogens with zero attached hydrogens (tertiary/aromatic N) is 2. The second kappa shape index (κ2) is 16.6. The molecule has 0 aliphatic rings. The van der Waals surface area contributed by atoms with Crippen molar-refractivity contribution in [1.82, 2.24) is 0 Å². The molecule has 0 bridgehead atoms. The van der Waals surface area contributed by atoms with Crippen LogP contribution in [0.5, 0.6) is 0 Å². The van der Waals surface area contributed by atoms with Gasteiger partial charge in [0.25, 0.3) is 0 Å². The smallest absolute Gasteiger partial charge is 0.159 e. The third kappa shape index (κ3) is 7.02. The van der Waals surface area contributed by atoms with Crippen molar-refractivity contribution < 1.29 is 8.83 Å². The average Bonchev–Trinajstić information content (AvgIpc) is 3.95. The van der Waals surface area contributed by atoms with Crippen LogP contribution in [0.25, 0.3) is 76.2 Å². The molecule has 0 fully saturated rings. The van der Waals surface area contributed by atoms with Crippen molar-refractivity contribution in [3.63, 3.8) is 0 Å². The molecule has 0 spiro atoms. The molecule has 0 saturated heterocycles. The summed E-state index contributed by atoms with van der Waals surface area (Å²) in [5.41, 5.74) is 15.2. The highest BCUT2D eigenvalue weighted by Gasteiger charge is 2.27. The first-order chi connectivity index (χ1) is 33.9. The molecule has 346 valence electrons. The molecule has 0 aliphatic heterocycles. The summed E-state index contributed by atoms with van der Waals surface area (Å²) in [4.78, 5) is 4.86. The lowest BCUT2D eigenvalue weighted by Crippen LogP contribution is -2.14. The van der Waals surface area contributed by atoms with Crippen molar-refractivity contribution in [2.75, 3.05) is 9.80 Å². The number of benzene rings is 10. The van der Waals surface area contributed by atoms with Gasteiger partial charge in [0.05, 0.1) is 22.7 Å². The molecule has 10 aromatic carbocycles. The van der Waals surface area contributed by atoms with Crippen molar-refractivity contribution in [2.24, 2.45) is 0 Å². The third-order valence-corrected chi connectivity index (χ3v) is 14.8. The molecule has 4 nitrogen and oxygen atoms in total. The fourth-order valence-corrected chi connectivity index (χ4v) is 11.2. The van der Waals surface area contributed by atoms with Crippen LogP contribution in [0.4, 0.5) is 34.1 Å². The Morgan fingerprint density at radius 1 is 0.343 bits per heavy atom. The van der Waals surface area contributed by atoms with Crippen LogP contribution in [-0.4, -0.2) is 0 Å². The Hall–Kier alpha value is -7.56. The minimum atomic E-state index is 0.0128. The summed E-state index contributed by atoms with van der Waals surface area (Å²) in [6, 6.07) is 63.3. The van der Waals surface area contributed by atoms with E-state index in [4.69, 9.17) is 8.83 Å². The summed E-state index contributed by atoms with van der Waals surface area (Å²) < 4.78 is 14.1.